The lowest BCUT2D eigenvalue weighted by Gasteiger charge is -2.20. The Labute approximate surface area is 116 Å². The molecular weight excluding hydrogens is 242 g/mol. The van der Waals surface area contributed by atoms with Crippen LogP contribution in [0, 0.1) is 0 Å². The molecule has 0 aromatic carbocycles. The average molecular weight is 269 g/mol. The van der Waals surface area contributed by atoms with E-state index in [0.717, 1.165) is 38.9 Å². The van der Waals surface area contributed by atoms with Crippen molar-refractivity contribution in [2.24, 2.45) is 0 Å². The molecule has 0 aliphatic carbocycles. The van der Waals surface area contributed by atoms with E-state index in [2.05, 4.69) is 10.2 Å². The van der Waals surface area contributed by atoms with Crippen LogP contribution in [0.5, 0.6) is 0 Å². The minimum atomic E-state index is -0.145. The number of carbonyl (C=O) groups is 2. The van der Waals surface area contributed by atoms with Gasteiger partial charge in [-0.05, 0) is 39.9 Å². The van der Waals surface area contributed by atoms with Gasteiger partial charge in [0.1, 0.15) is 6.42 Å². The van der Waals surface area contributed by atoms with E-state index in [1.54, 1.807) is 0 Å². The minimum Gasteiger partial charge on any atom is -0.356 e. The fourth-order valence-corrected chi connectivity index (χ4v) is 2.25. The quantitative estimate of drug-likeness (QED) is 0.574. The van der Waals surface area contributed by atoms with Crippen molar-refractivity contribution in [3.63, 3.8) is 0 Å². The number of rotatable bonds is 6. The molecule has 0 aromatic rings. The molecule has 0 bridgehead atoms. The summed E-state index contributed by atoms with van der Waals surface area (Å²) < 4.78 is 0. The first-order valence-corrected chi connectivity index (χ1v) is 7.29. The third-order valence-electron chi connectivity index (χ3n) is 3.37. The van der Waals surface area contributed by atoms with Crippen LogP contribution in [-0.2, 0) is 9.59 Å². The number of amides is 2. The second-order valence-electron chi connectivity index (χ2n) is 5.48. The number of nitrogens with one attached hydrogen (secondary N) is 1. The monoisotopic (exact) mass is 269 g/mol. The number of nitrogens with zero attached hydrogens (tertiary/aromatic N) is 2. The molecule has 5 heteroatoms. The van der Waals surface area contributed by atoms with Crippen molar-refractivity contribution in [1.82, 2.24) is 15.1 Å². The molecule has 1 fully saturated rings. The molecule has 0 unspecified atom stereocenters. The molecule has 0 aromatic heterocycles. The Kier molecular flexibility index (Phi) is 7.48. The summed E-state index contributed by atoms with van der Waals surface area (Å²) in [6.07, 6.45) is 5.44. The minimum absolute atomic E-state index is 0.00195. The highest BCUT2D eigenvalue weighted by molar-refractivity contribution is 5.96. The first-order valence-electron chi connectivity index (χ1n) is 7.29. The lowest BCUT2D eigenvalue weighted by Crippen LogP contribution is -2.36. The summed E-state index contributed by atoms with van der Waals surface area (Å²) in [4.78, 5) is 27.5. The zero-order chi connectivity index (χ0) is 14.1. The van der Waals surface area contributed by atoms with Crippen molar-refractivity contribution < 1.29 is 9.59 Å². The molecule has 1 heterocycles. The first-order chi connectivity index (χ1) is 9.09. The Morgan fingerprint density at radius 1 is 1.11 bits per heavy atom. The SMILES string of the molecule is CN(C)CCCNC(=O)CC(=O)N1CCCCCC1. The van der Waals surface area contributed by atoms with Crippen molar-refractivity contribution in [2.45, 2.75) is 38.5 Å². The fraction of sp³-hybridized carbons (Fsp3) is 0.857. The smallest absolute Gasteiger partial charge is 0.232 e. The van der Waals surface area contributed by atoms with Crippen LogP contribution in [0.4, 0.5) is 0 Å². The lowest BCUT2D eigenvalue weighted by atomic mass is 10.2. The van der Waals surface area contributed by atoms with Crippen LogP contribution < -0.4 is 5.32 Å². The summed E-state index contributed by atoms with van der Waals surface area (Å²) in [5, 5.41) is 2.81. The predicted molar refractivity (Wildman–Crippen MR) is 75.8 cm³/mol. The van der Waals surface area contributed by atoms with Crippen LogP contribution >= 0.6 is 0 Å². The maximum Gasteiger partial charge on any atom is 0.232 e. The normalized spacial score (nSPS) is 16.3. The van der Waals surface area contributed by atoms with Crippen LogP contribution in [0.3, 0.4) is 0 Å². The molecule has 110 valence electrons. The van der Waals surface area contributed by atoms with Gasteiger partial charge in [0.05, 0.1) is 0 Å². The van der Waals surface area contributed by atoms with Gasteiger partial charge in [-0.3, -0.25) is 9.59 Å². The Morgan fingerprint density at radius 2 is 1.74 bits per heavy atom. The molecule has 1 saturated heterocycles. The number of carbonyl (C=O) groups excluding carboxylic acids is 2. The number of likely N-dealkylation sites (tertiary alicyclic amines) is 1. The Bertz CT molecular complexity index is 284. The van der Waals surface area contributed by atoms with Crippen LogP contribution in [-0.4, -0.2) is 61.9 Å². The second-order valence-corrected chi connectivity index (χ2v) is 5.48. The molecule has 5 nitrogen and oxygen atoms in total. The largest absolute Gasteiger partial charge is 0.356 e. The van der Waals surface area contributed by atoms with Gasteiger partial charge in [0.15, 0.2) is 0 Å². The van der Waals surface area contributed by atoms with Crippen LogP contribution in [0.15, 0.2) is 0 Å². The van der Waals surface area contributed by atoms with Crippen molar-refractivity contribution in [3.8, 4) is 0 Å². The first kappa shape index (κ1) is 16.0. The molecule has 0 atom stereocenters. The molecule has 0 radical (unpaired) electrons. The molecule has 0 saturated carbocycles. The maximum atomic E-state index is 12.0. The van der Waals surface area contributed by atoms with E-state index in [9.17, 15) is 9.59 Å². The molecule has 2 amide bonds. The Hall–Kier alpha value is -1.10. The Morgan fingerprint density at radius 3 is 2.32 bits per heavy atom. The third kappa shape index (κ3) is 7.15. The summed E-state index contributed by atoms with van der Waals surface area (Å²) in [6, 6.07) is 0. The zero-order valence-corrected chi connectivity index (χ0v) is 12.3. The van der Waals surface area contributed by atoms with Gasteiger partial charge in [0.2, 0.25) is 11.8 Å². The van der Waals surface area contributed by atoms with Crippen LogP contribution in [0.1, 0.15) is 38.5 Å². The highest BCUT2D eigenvalue weighted by atomic mass is 16.2. The van der Waals surface area contributed by atoms with Gasteiger partial charge in [-0.15, -0.1) is 0 Å². The molecule has 19 heavy (non-hydrogen) atoms. The number of hydrogen-bond acceptors (Lipinski definition) is 3. The van der Waals surface area contributed by atoms with E-state index in [1.165, 1.54) is 12.8 Å². The maximum absolute atomic E-state index is 12.0. The van der Waals surface area contributed by atoms with E-state index in [0.29, 0.717) is 6.54 Å². The Balaban J connectivity index is 2.17. The molecule has 0 spiro atoms. The topological polar surface area (TPSA) is 52.7 Å². The van der Waals surface area contributed by atoms with Crippen molar-refractivity contribution in [3.05, 3.63) is 0 Å². The van der Waals surface area contributed by atoms with Crippen molar-refractivity contribution in [1.29, 1.82) is 0 Å². The van der Waals surface area contributed by atoms with E-state index < -0.39 is 0 Å². The van der Waals surface area contributed by atoms with Gasteiger partial charge in [0, 0.05) is 19.6 Å². The standard InChI is InChI=1S/C14H27N3O2/c1-16(2)9-7-8-15-13(18)12-14(19)17-10-5-3-4-6-11-17/h3-12H2,1-2H3,(H,15,18). The summed E-state index contributed by atoms with van der Waals surface area (Å²) in [6.45, 7) is 3.21. The molecule has 1 aliphatic rings. The predicted octanol–water partition coefficient (Wildman–Crippen LogP) is 0.847. The van der Waals surface area contributed by atoms with Gasteiger partial charge < -0.3 is 15.1 Å². The molecule has 1 rings (SSSR count). The number of hydrogen-bond donors (Lipinski definition) is 1. The second kappa shape index (κ2) is 8.91. The summed E-state index contributed by atoms with van der Waals surface area (Å²) >= 11 is 0. The van der Waals surface area contributed by atoms with E-state index in [-0.39, 0.29) is 18.2 Å². The van der Waals surface area contributed by atoms with Crippen molar-refractivity contribution in [2.75, 3.05) is 40.3 Å². The van der Waals surface area contributed by atoms with Gasteiger partial charge >= 0.3 is 0 Å². The van der Waals surface area contributed by atoms with Gasteiger partial charge in [-0.2, -0.15) is 0 Å². The molecular formula is C14H27N3O2. The van der Waals surface area contributed by atoms with E-state index in [4.69, 9.17) is 0 Å². The molecule has 1 N–H and O–H groups in total. The lowest BCUT2D eigenvalue weighted by molar-refractivity contribution is -0.136. The summed E-state index contributed by atoms with van der Waals surface area (Å²) in [5.74, 6) is -0.167. The van der Waals surface area contributed by atoms with E-state index in [1.807, 2.05) is 19.0 Å². The third-order valence-corrected chi connectivity index (χ3v) is 3.37. The summed E-state index contributed by atoms with van der Waals surface area (Å²) in [5.41, 5.74) is 0. The highest BCUT2D eigenvalue weighted by Crippen LogP contribution is 2.10. The average Bonchev–Trinajstić information content (AvgIpc) is 2.63. The fourth-order valence-electron chi connectivity index (χ4n) is 2.25. The van der Waals surface area contributed by atoms with Crippen molar-refractivity contribution >= 4 is 11.8 Å². The molecule has 1 aliphatic heterocycles. The van der Waals surface area contributed by atoms with E-state index >= 15 is 0 Å². The van der Waals surface area contributed by atoms with Gasteiger partial charge in [0.25, 0.3) is 0 Å². The van der Waals surface area contributed by atoms with Gasteiger partial charge in [-0.25, -0.2) is 0 Å². The zero-order valence-electron chi connectivity index (χ0n) is 12.3. The van der Waals surface area contributed by atoms with Gasteiger partial charge in [-0.1, -0.05) is 12.8 Å². The van der Waals surface area contributed by atoms with Crippen LogP contribution in [0.25, 0.3) is 0 Å². The van der Waals surface area contributed by atoms with Crippen LogP contribution in [0.2, 0.25) is 0 Å². The summed E-state index contributed by atoms with van der Waals surface area (Å²) in [7, 11) is 4.01. The highest BCUT2D eigenvalue weighted by Gasteiger charge is 2.18.